The van der Waals surface area contributed by atoms with Gasteiger partial charge in [-0.3, -0.25) is 62.9 Å². The van der Waals surface area contributed by atoms with Gasteiger partial charge in [0.2, 0.25) is 59.1 Å². The Hall–Kier alpha value is -8.65. The normalized spacial score (nSPS) is 25.0. The maximum Gasteiger partial charge on any atom is 0.246 e. The standard InChI is InChI=1S/C60H90N20O11S/c61-38(14-5-20-69-58(62)63)49(83)75-40(16-7-22-71-60(66)67)54(88)77-24-8-18-44(77)56(90)79-32-36(81)28-45(79)52(86)72-30-48(82)73-42(29-37-13-9-25-92-37)51(85)76-41-19-23-68-50(84)39(15-6-21-70-59(64)65)74-53(87)46-27-34-11-3-4-17-43(34)80(46)57(91)47-26-33-10-1-2-12-35(33)31-78(47)55(41)89/h1-2,9-10,12-13,25,34,36,38-47,81H,3-8,11,14-24,26-32,61H2,(H,68,84)(H,72,86)(H,73,82)(H,74,87)(H,75,83)(H,76,85)(H4,62,63,69)(H4,64,65,70)(H4,66,67,71)/t34-,36+,38+,39-,40-,41?,42-,43-,44-,45-,46-,47-/m0/s1. The monoisotopic (exact) mass is 1300 g/mol. The number of guanidine groups is 3. The highest BCUT2D eigenvalue weighted by Crippen LogP contribution is 2.41. The van der Waals surface area contributed by atoms with Crippen molar-refractivity contribution >= 4 is 88.3 Å². The number of β-amino-alcohol motifs (C(OH)–C–C–N with tert-alkyl or cyclic N) is 1. The summed E-state index contributed by atoms with van der Waals surface area (Å²) in [6, 6.07) is 0.345. The van der Waals surface area contributed by atoms with Gasteiger partial charge in [0, 0.05) is 76.0 Å². The second-order valence-electron chi connectivity index (χ2n) is 24.5. The van der Waals surface area contributed by atoms with Crippen molar-refractivity contribution in [2.45, 2.75) is 182 Å². The van der Waals surface area contributed by atoms with Crippen LogP contribution in [0, 0.1) is 5.92 Å². The Labute approximate surface area is 537 Å². The Balaban J connectivity index is 0.975. The molecular weight excluding hydrogens is 1210 g/mol. The van der Waals surface area contributed by atoms with E-state index in [0.29, 0.717) is 37.0 Å². The number of carbonyl (C=O) groups is 10. The molecule has 31 nitrogen and oxygen atoms in total. The first kappa shape index (κ1) is 69.2. The number of rotatable bonds is 24. The molecule has 2 aromatic rings. The minimum Gasteiger partial charge on any atom is -0.391 e. The summed E-state index contributed by atoms with van der Waals surface area (Å²) in [5.74, 6) is -6.70. The predicted octanol–water partition coefficient (Wildman–Crippen LogP) is -4.58. The van der Waals surface area contributed by atoms with Crippen molar-refractivity contribution in [1.29, 1.82) is 0 Å². The van der Waals surface area contributed by atoms with Crippen LogP contribution >= 0.6 is 11.3 Å². The van der Waals surface area contributed by atoms with Gasteiger partial charge in [-0.15, -0.1) is 11.3 Å². The zero-order valence-corrected chi connectivity index (χ0v) is 52.6. The first-order valence-corrected chi connectivity index (χ1v) is 32.6. The molecule has 8 rings (SSSR count). The SMILES string of the molecule is NC(N)=NCCC[C@@H](N)C(=O)N[C@@H](CCCN=C(N)N)C(=O)N1CCC[C@H]1C(=O)N1C[C@H](O)C[C@H]1C(=O)NCC(=O)N[C@@H](Cc1cccs1)C(=O)NC1CCNC(=O)[C@H](CCCN=C(N)N)NC(=O)[C@@H]2C[C@@H]3CCCC[C@@H]3N2C(=O)[C@@H]2Cc3ccccc3CN2C1=O. The predicted molar refractivity (Wildman–Crippen MR) is 340 cm³/mol. The van der Waals surface area contributed by atoms with Crippen LogP contribution in [0.3, 0.4) is 0 Å². The number of amides is 10. The van der Waals surface area contributed by atoms with Gasteiger partial charge in [0.1, 0.15) is 48.3 Å². The van der Waals surface area contributed by atoms with Crippen LogP contribution in [0.4, 0.5) is 0 Å². The van der Waals surface area contributed by atoms with Crippen LogP contribution in [0.5, 0.6) is 0 Å². The maximum atomic E-state index is 15.5. The fourth-order valence-corrected chi connectivity index (χ4v) is 14.2. The van der Waals surface area contributed by atoms with Gasteiger partial charge in [0.05, 0.1) is 18.7 Å². The summed E-state index contributed by atoms with van der Waals surface area (Å²) in [6.07, 6.45) is 4.12. The molecule has 1 aromatic heterocycles. The van der Waals surface area contributed by atoms with Crippen LogP contribution < -0.4 is 72.0 Å². The summed E-state index contributed by atoms with van der Waals surface area (Å²) in [4.78, 5) is 163. The maximum absolute atomic E-state index is 15.5. The van der Waals surface area contributed by atoms with Crippen molar-refractivity contribution in [2.24, 2.45) is 61.0 Å². The Morgan fingerprint density at radius 3 is 2.12 bits per heavy atom. The Bertz CT molecular complexity index is 3080. The molecule has 0 bridgehead atoms. The van der Waals surface area contributed by atoms with E-state index < -0.39 is 126 Å². The van der Waals surface area contributed by atoms with E-state index in [4.69, 9.17) is 40.1 Å². The summed E-state index contributed by atoms with van der Waals surface area (Å²) in [5.41, 5.74) is 40.8. The summed E-state index contributed by atoms with van der Waals surface area (Å²) in [6.45, 7) is -0.456. The Morgan fingerprint density at radius 1 is 0.717 bits per heavy atom. The lowest BCUT2D eigenvalue weighted by atomic mass is 9.84. The van der Waals surface area contributed by atoms with Crippen molar-refractivity contribution in [2.75, 3.05) is 45.8 Å². The van der Waals surface area contributed by atoms with Crippen LogP contribution in [-0.4, -0.2) is 214 Å². The van der Waals surface area contributed by atoms with E-state index in [0.717, 1.165) is 30.4 Å². The number of likely N-dealkylation sites (tertiary alicyclic amines) is 2. The number of hydrogen-bond acceptors (Lipinski definition) is 16. The average Bonchev–Trinajstić information content (AvgIpc) is 1.49. The highest BCUT2D eigenvalue weighted by atomic mass is 32.1. The second-order valence-corrected chi connectivity index (χ2v) is 25.5. The largest absolute Gasteiger partial charge is 0.391 e. The number of carbonyl (C=O) groups excluding carboxylic acids is 10. The summed E-state index contributed by atoms with van der Waals surface area (Å²) < 4.78 is 0. The molecule has 5 aliphatic heterocycles. The molecule has 0 radical (unpaired) electrons. The number of nitrogens with one attached hydrogen (secondary N) is 6. The number of aliphatic hydroxyl groups excluding tert-OH is 1. The van der Waals surface area contributed by atoms with E-state index in [1.54, 1.807) is 22.4 Å². The molecular formula is C60H90N20O11S. The molecule has 10 amide bonds. The molecule has 6 heterocycles. The number of benzene rings is 1. The third-order valence-electron chi connectivity index (χ3n) is 18.0. The number of aliphatic imine (C=N–C) groups is 3. The number of thiophene rings is 1. The molecule has 92 heavy (non-hydrogen) atoms. The quantitative estimate of drug-likeness (QED) is 0.0267. The van der Waals surface area contributed by atoms with E-state index >= 15 is 9.59 Å². The zero-order valence-electron chi connectivity index (χ0n) is 51.8. The van der Waals surface area contributed by atoms with Crippen LogP contribution in [0.1, 0.15) is 112 Å². The van der Waals surface area contributed by atoms with E-state index in [2.05, 4.69) is 46.9 Å². The van der Waals surface area contributed by atoms with Crippen molar-refractivity contribution in [3.8, 4) is 0 Å². The van der Waals surface area contributed by atoms with E-state index in [1.807, 2.05) is 24.3 Å². The Kier molecular flexibility index (Phi) is 24.5. The van der Waals surface area contributed by atoms with Gasteiger partial charge in [0.15, 0.2) is 17.9 Å². The third kappa shape index (κ3) is 18.1. The van der Waals surface area contributed by atoms with Crippen molar-refractivity contribution < 1.29 is 53.1 Å². The van der Waals surface area contributed by atoms with Crippen LogP contribution in [0.2, 0.25) is 0 Å². The lowest BCUT2D eigenvalue weighted by molar-refractivity contribution is -0.153. The number of hydrogen-bond donors (Lipinski definition) is 14. The first-order valence-electron chi connectivity index (χ1n) is 31.8. The minimum absolute atomic E-state index is 0.00244. The lowest BCUT2D eigenvalue weighted by Gasteiger charge is -2.43. The van der Waals surface area contributed by atoms with Gasteiger partial charge >= 0.3 is 0 Å². The minimum atomic E-state index is -1.37. The number of nitrogens with zero attached hydrogens (tertiary/aromatic N) is 7. The number of nitrogens with two attached hydrogens (primary N) is 7. The van der Waals surface area contributed by atoms with Gasteiger partial charge in [-0.2, -0.15) is 0 Å². The average molecular weight is 1300 g/mol. The first-order chi connectivity index (χ1) is 44.1. The smallest absolute Gasteiger partial charge is 0.246 e. The highest BCUT2D eigenvalue weighted by molar-refractivity contribution is 7.09. The summed E-state index contributed by atoms with van der Waals surface area (Å²) in [7, 11) is 0. The summed E-state index contributed by atoms with van der Waals surface area (Å²) in [5, 5.41) is 29.4. The number of fused-ring (bicyclic) bond motifs is 5. The lowest BCUT2D eigenvalue weighted by Crippen LogP contribution is -2.63. The van der Waals surface area contributed by atoms with Crippen LogP contribution in [0.15, 0.2) is 56.8 Å². The third-order valence-corrected chi connectivity index (χ3v) is 18.9. The van der Waals surface area contributed by atoms with Gasteiger partial charge in [0.25, 0.3) is 0 Å². The Morgan fingerprint density at radius 2 is 1.41 bits per heavy atom. The second kappa shape index (κ2) is 32.6. The molecule has 21 N–H and O–H groups in total. The molecule has 502 valence electrons. The van der Waals surface area contributed by atoms with Crippen molar-refractivity contribution in [3.05, 3.63) is 57.8 Å². The van der Waals surface area contributed by atoms with E-state index in [1.165, 1.54) is 26.0 Å². The van der Waals surface area contributed by atoms with Crippen LogP contribution in [-0.2, 0) is 67.3 Å². The van der Waals surface area contributed by atoms with Gasteiger partial charge in [-0.05, 0) is 106 Å². The fraction of sp³-hybridized carbons (Fsp3) is 0.617. The molecule has 1 aliphatic carbocycles. The van der Waals surface area contributed by atoms with Crippen molar-refractivity contribution in [1.82, 2.24) is 51.5 Å². The summed E-state index contributed by atoms with van der Waals surface area (Å²) >= 11 is 1.31. The van der Waals surface area contributed by atoms with Crippen LogP contribution in [0.25, 0.3) is 0 Å². The molecule has 32 heteroatoms. The number of aliphatic hydroxyl groups is 1. The molecule has 0 spiro atoms. The van der Waals surface area contributed by atoms with E-state index in [-0.39, 0.29) is 133 Å². The topological polar surface area (TPSA) is 495 Å². The molecule has 12 atom stereocenters. The molecule has 1 unspecified atom stereocenters. The molecule has 1 saturated carbocycles. The molecule has 5 fully saturated rings. The van der Waals surface area contributed by atoms with Gasteiger partial charge < -0.3 is 96.7 Å². The van der Waals surface area contributed by atoms with Gasteiger partial charge in [-0.1, -0.05) is 43.2 Å². The molecule has 6 aliphatic rings. The zero-order chi connectivity index (χ0) is 66.2. The fourth-order valence-electron chi connectivity index (χ4n) is 13.4. The molecule has 4 saturated heterocycles. The highest BCUT2D eigenvalue weighted by Gasteiger charge is 2.52. The van der Waals surface area contributed by atoms with Crippen molar-refractivity contribution in [3.63, 3.8) is 0 Å². The van der Waals surface area contributed by atoms with E-state index in [9.17, 15) is 43.5 Å². The van der Waals surface area contributed by atoms with Gasteiger partial charge in [-0.25, -0.2) is 0 Å². The molecule has 1 aromatic carbocycles.